The zero-order chi connectivity index (χ0) is 30.5. The molecule has 0 amide bonds. The van der Waals surface area contributed by atoms with Gasteiger partial charge in [-0.05, 0) is 74.5 Å². The molecule has 216 valence electrons. The lowest BCUT2D eigenvalue weighted by atomic mass is 9.93. The number of allylic oxidation sites excluding steroid dienone is 1. The molecule has 1 N–H and O–H groups in total. The van der Waals surface area contributed by atoms with Crippen molar-refractivity contribution in [2.45, 2.75) is 0 Å². The van der Waals surface area contributed by atoms with Gasteiger partial charge in [0.1, 0.15) is 0 Å². The van der Waals surface area contributed by atoms with Crippen LogP contribution in [0.2, 0.25) is 0 Å². The molecule has 0 saturated heterocycles. The monoisotopic (exact) mass is 586 g/mol. The van der Waals surface area contributed by atoms with E-state index in [-0.39, 0.29) is 0 Å². The van der Waals surface area contributed by atoms with Crippen molar-refractivity contribution < 1.29 is 0 Å². The summed E-state index contributed by atoms with van der Waals surface area (Å²) in [5.41, 5.74) is 10.7. The standard InChI is InChI=1S/C44H30N2/c1-2-13-35-29-45-41-20-7-5-18-37(41)39-27-33(24-23-32(39)15-9-14-30(35)11-1)34-25-26-44-40(28-34)38-19-6-8-21-43(38)46(44)42-22-10-16-31-12-3-4-17-36(31)42/h1-29,45H/b15-9-,30-14-,35-29+. The van der Waals surface area contributed by atoms with E-state index in [2.05, 4.69) is 186 Å². The third-order valence-electron chi connectivity index (χ3n) is 9.21. The molecular weight excluding hydrogens is 556 g/mol. The lowest BCUT2D eigenvalue weighted by molar-refractivity contribution is 1.20. The molecule has 9 rings (SSSR count). The molecule has 0 aliphatic carbocycles. The summed E-state index contributed by atoms with van der Waals surface area (Å²) in [7, 11) is 0. The van der Waals surface area contributed by atoms with Crippen molar-refractivity contribution in [2.24, 2.45) is 0 Å². The number of nitrogens with zero attached hydrogens (tertiary/aromatic N) is 1. The van der Waals surface area contributed by atoms with Crippen LogP contribution in [0.5, 0.6) is 0 Å². The van der Waals surface area contributed by atoms with Crippen molar-refractivity contribution >= 4 is 56.6 Å². The number of fused-ring (bicyclic) bond motifs is 8. The van der Waals surface area contributed by atoms with Crippen LogP contribution in [0.4, 0.5) is 5.69 Å². The van der Waals surface area contributed by atoms with Crippen molar-refractivity contribution in [1.29, 1.82) is 0 Å². The average molecular weight is 587 g/mol. The number of hydrogen-bond acceptors (Lipinski definition) is 1. The number of para-hydroxylation sites is 2. The van der Waals surface area contributed by atoms with Crippen LogP contribution in [-0.2, 0) is 0 Å². The molecule has 0 spiro atoms. The van der Waals surface area contributed by atoms with E-state index in [1.54, 1.807) is 0 Å². The van der Waals surface area contributed by atoms with Gasteiger partial charge in [0.25, 0.3) is 0 Å². The van der Waals surface area contributed by atoms with E-state index in [4.69, 9.17) is 0 Å². The fraction of sp³-hybridized carbons (Fsp3) is 0. The van der Waals surface area contributed by atoms with E-state index in [1.165, 1.54) is 71.3 Å². The molecule has 2 heteroatoms. The van der Waals surface area contributed by atoms with Crippen LogP contribution in [0.1, 0.15) is 5.56 Å². The number of aromatic nitrogens is 1. The van der Waals surface area contributed by atoms with Crippen molar-refractivity contribution in [3.8, 4) is 27.9 Å². The Morgan fingerprint density at radius 2 is 1.20 bits per heavy atom. The molecule has 46 heavy (non-hydrogen) atoms. The summed E-state index contributed by atoms with van der Waals surface area (Å²) in [5.74, 6) is 0. The first-order chi connectivity index (χ1) is 22.8. The van der Waals surface area contributed by atoms with Crippen LogP contribution in [0.3, 0.4) is 0 Å². The van der Waals surface area contributed by atoms with E-state index in [0.717, 1.165) is 10.9 Å². The van der Waals surface area contributed by atoms with E-state index in [1.807, 2.05) is 0 Å². The van der Waals surface area contributed by atoms with Gasteiger partial charge in [0.2, 0.25) is 0 Å². The normalized spacial score (nSPS) is 14.5. The van der Waals surface area contributed by atoms with Crippen molar-refractivity contribution in [2.75, 3.05) is 5.32 Å². The van der Waals surface area contributed by atoms with Crippen LogP contribution in [-0.4, -0.2) is 4.57 Å². The molecule has 1 aliphatic heterocycles. The Labute approximate surface area is 267 Å². The third-order valence-corrected chi connectivity index (χ3v) is 9.21. The number of hydrogen-bond donors (Lipinski definition) is 1. The number of benzene rings is 7. The highest BCUT2D eigenvalue weighted by molar-refractivity contribution is 6.11. The Kier molecular flexibility index (Phi) is 6.17. The molecule has 0 radical (unpaired) electrons. The number of rotatable bonds is 2. The molecule has 1 aliphatic rings. The molecule has 8 aromatic rings. The van der Waals surface area contributed by atoms with Gasteiger partial charge in [0.05, 0.1) is 16.7 Å². The highest BCUT2D eigenvalue weighted by Crippen LogP contribution is 2.39. The average Bonchev–Trinajstić information content (AvgIpc) is 3.43. The molecule has 0 unspecified atom stereocenters. The number of anilines is 1. The predicted molar refractivity (Wildman–Crippen MR) is 196 cm³/mol. The lowest BCUT2D eigenvalue weighted by Crippen LogP contribution is -2.24. The van der Waals surface area contributed by atoms with Gasteiger partial charge in [-0.25, -0.2) is 0 Å². The van der Waals surface area contributed by atoms with E-state index in [0.29, 0.717) is 0 Å². The van der Waals surface area contributed by atoms with Crippen molar-refractivity contribution in [3.63, 3.8) is 0 Å². The molecule has 0 atom stereocenters. The molecule has 2 nitrogen and oxygen atoms in total. The number of nitrogens with one attached hydrogen (secondary N) is 1. The Hall–Kier alpha value is -6.12. The van der Waals surface area contributed by atoms with E-state index < -0.39 is 0 Å². The summed E-state index contributed by atoms with van der Waals surface area (Å²) in [4.78, 5) is 0. The highest BCUT2D eigenvalue weighted by Gasteiger charge is 2.16. The van der Waals surface area contributed by atoms with Crippen molar-refractivity contribution in [1.82, 2.24) is 4.57 Å². The van der Waals surface area contributed by atoms with Crippen LogP contribution in [0.25, 0.3) is 78.9 Å². The maximum atomic E-state index is 3.62. The summed E-state index contributed by atoms with van der Waals surface area (Å²) < 4.78 is 2.42. The maximum absolute atomic E-state index is 3.62. The van der Waals surface area contributed by atoms with Crippen LogP contribution < -0.4 is 15.8 Å². The third kappa shape index (κ3) is 4.35. The summed E-state index contributed by atoms with van der Waals surface area (Å²) in [6.45, 7) is 0. The first kappa shape index (κ1) is 26.3. The fourth-order valence-electron chi connectivity index (χ4n) is 6.98. The topological polar surface area (TPSA) is 17.0 Å². The maximum Gasteiger partial charge on any atom is 0.0541 e. The first-order valence-corrected chi connectivity index (χ1v) is 15.8. The van der Waals surface area contributed by atoms with Crippen LogP contribution in [0, 0.1) is 0 Å². The Bertz CT molecular complexity index is 2610. The van der Waals surface area contributed by atoms with Gasteiger partial charge in [-0.1, -0.05) is 133 Å². The lowest BCUT2D eigenvalue weighted by Gasteiger charge is -2.15. The summed E-state index contributed by atoms with van der Waals surface area (Å²) in [5, 5.41) is 11.0. The minimum absolute atomic E-state index is 1.08. The molecule has 0 saturated carbocycles. The fourth-order valence-corrected chi connectivity index (χ4v) is 6.98. The minimum atomic E-state index is 1.08. The second-order valence-electron chi connectivity index (χ2n) is 11.9. The van der Waals surface area contributed by atoms with Gasteiger partial charge in [-0.3, -0.25) is 0 Å². The molecule has 7 aromatic carbocycles. The predicted octanol–water partition coefficient (Wildman–Crippen LogP) is 9.93. The van der Waals surface area contributed by atoms with Gasteiger partial charge in [-0.15, -0.1) is 0 Å². The van der Waals surface area contributed by atoms with Crippen molar-refractivity contribution in [3.05, 3.63) is 174 Å². The first-order valence-electron chi connectivity index (χ1n) is 15.8. The molecule has 1 aromatic heterocycles. The van der Waals surface area contributed by atoms with Gasteiger partial charge < -0.3 is 9.88 Å². The molecular formula is C44H30N2. The van der Waals surface area contributed by atoms with Crippen LogP contribution >= 0.6 is 0 Å². The minimum Gasteiger partial charge on any atom is -0.361 e. The van der Waals surface area contributed by atoms with Crippen LogP contribution in [0.15, 0.2) is 158 Å². The van der Waals surface area contributed by atoms with Gasteiger partial charge in [-0.2, -0.15) is 0 Å². The quantitative estimate of drug-likeness (QED) is 0.213. The Balaban J connectivity index is 1.23. The smallest absolute Gasteiger partial charge is 0.0541 e. The van der Waals surface area contributed by atoms with E-state index in [9.17, 15) is 0 Å². The zero-order valence-corrected chi connectivity index (χ0v) is 25.2. The molecule has 0 fully saturated rings. The Morgan fingerprint density at radius 1 is 0.478 bits per heavy atom. The second kappa shape index (κ2) is 10.8. The van der Waals surface area contributed by atoms with E-state index >= 15 is 0 Å². The van der Waals surface area contributed by atoms with Gasteiger partial charge in [0, 0.05) is 33.6 Å². The highest BCUT2D eigenvalue weighted by atomic mass is 15.0. The summed E-state index contributed by atoms with van der Waals surface area (Å²) >= 11 is 0. The second-order valence-corrected chi connectivity index (χ2v) is 11.9. The van der Waals surface area contributed by atoms with Gasteiger partial charge >= 0.3 is 0 Å². The SMILES string of the molecule is C1=C\c2ccc(-c3ccc4c(c3)c3ccccc3n4-c3cccc4ccccc34)cc2-c2ccccc2N\C=c2/cccc/c2=C/1. The molecule has 2 heterocycles. The largest absolute Gasteiger partial charge is 0.361 e. The zero-order valence-electron chi connectivity index (χ0n) is 25.2. The summed E-state index contributed by atoms with van der Waals surface area (Å²) in [6, 6.07) is 54.8. The van der Waals surface area contributed by atoms with Gasteiger partial charge in [0.15, 0.2) is 0 Å². The molecule has 0 bridgehead atoms. The summed E-state index contributed by atoms with van der Waals surface area (Å²) in [6.07, 6.45) is 8.67. The Morgan fingerprint density at radius 3 is 2.15 bits per heavy atom.